The highest BCUT2D eigenvalue weighted by molar-refractivity contribution is 5.81. The van der Waals surface area contributed by atoms with Gasteiger partial charge in [-0.15, -0.1) is 0 Å². The topological polar surface area (TPSA) is 87.1 Å². The van der Waals surface area contributed by atoms with Gasteiger partial charge in [0, 0.05) is 18.0 Å². The number of nitrogens with one attached hydrogen (secondary N) is 1. The molecule has 0 aromatic heterocycles. The van der Waals surface area contributed by atoms with Crippen LogP contribution in [0.15, 0.2) is 5.11 Å². The summed E-state index contributed by atoms with van der Waals surface area (Å²) in [6, 6.07) is 0. The molecule has 2 unspecified atom stereocenters. The lowest BCUT2D eigenvalue weighted by Gasteiger charge is -2.42. The Labute approximate surface area is 108 Å². The summed E-state index contributed by atoms with van der Waals surface area (Å²) in [5.41, 5.74) is 7.67. The second-order valence-corrected chi connectivity index (χ2v) is 4.70. The molecule has 1 aliphatic rings. The molecule has 0 aromatic rings. The smallest absolute Gasteiger partial charge is 0.326 e. The Morgan fingerprint density at radius 1 is 1.61 bits per heavy atom. The van der Waals surface area contributed by atoms with E-state index < -0.39 is 5.54 Å². The Balaban J connectivity index is 2.78. The van der Waals surface area contributed by atoms with Crippen molar-refractivity contribution >= 4 is 5.97 Å². The predicted octanol–water partition coefficient (Wildman–Crippen LogP) is 2.40. The van der Waals surface area contributed by atoms with E-state index >= 15 is 0 Å². The molecule has 0 spiro atoms. The molecular formula is C12H22N4O2. The summed E-state index contributed by atoms with van der Waals surface area (Å²) in [5, 5.41) is 6.77. The lowest BCUT2D eigenvalue weighted by atomic mass is 9.71. The molecule has 6 heteroatoms. The van der Waals surface area contributed by atoms with Crippen LogP contribution in [0.5, 0.6) is 0 Å². The molecule has 102 valence electrons. The second-order valence-electron chi connectivity index (χ2n) is 4.70. The summed E-state index contributed by atoms with van der Waals surface area (Å²) >= 11 is 0. The summed E-state index contributed by atoms with van der Waals surface area (Å²) in [6.07, 6.45) is 4.98. The van der Waals surface area contributed by atoms with Crippen LogP contribution in [-0.2, 0) is 9.53 Å². The van der Waals surface area contributed by atoms with E-state index in [1.54, 1.807) is 0 Å². The highest BCUT2D eigenvalue weighted by Gasteiger charge is 2.46. The van der Waals surface area contributed by atoms with Crippen molar-refractivity contribution in [1.82, 2.24) is 5.32 Å². The molecule has 6 nitrogen and oxygen atoms in total. The van der Waals surface area contributed by atoms with Gasteiger partial charge in [0.05, 0.1) is 7.11 Å². The standard InChI is InChI=1S/C12H22N4O2/c1-3-10-6-4-5-7-12(10,11(17)18-2)14-8-9-15-16-13/h10,14H,3-9H2,1-2H3. The zero-order valence-corrected chi connectivity index (χ0v) is 11.2. The van der Waals surface area contributed by atoms with Crippen LogP contribution >= 0.6 is 0 Å². The molecule has 18 heavy (non-hydrogen) atoms. The molecule has 0 aliphatic heterocycles. The van der Waals surface area contributed by atoms with E-state index in [4.69, 9.17) is 10.3 Å². The first-order chi connectivity index (χ1) is 8.71. The number of rotatable bonds is 6. The minimum atomic E-state index is -0.591. The highest BCUT2D eigenvalue weighted by atomic mass is 16.5. The fourth-order valence-electron chi connectivity index (χ4n) is 2.93. The molecule has 0 amide bonds. The Bertz CT molecular complexity index is 328. The SMILES string of the molecule is CCC1CCCCC1(NCCN=[N+]=[N-])C(=O)OC. The molecule has 0 aromatic carbocycles. The predicted molar refractivity (Wildman–Crippen MR) is 69.0 cm³/mol. The van der Waals surface area contributed by atoms with Crippen LogP contribution in [0.3, 0.4) is 0 Å². The normalized spacial score (nSPS) is 27.3. The fraction of sp³-hybridized carbons (Fsp3) is 0.917. The Kier molecular flexibility index (Phi) is 5.95. The molecule has 0 bridgehead atoms. The molecule has 1 rings (SSSR count). The summed E-state index contributed by atoms with van der Waals surface area (Å²) in [7, 11) is 1.43. The maximum Gasteiger partial charge on any atom is 0.326 e. The van der Waals surface area contributed by atoms with Gasteiger partial charge < -0.3 is 10.1 Å². The van der Waals surface area contributed by atoms with Crippen LogP contribution in [0.1, 0.15) is 39.0 Å². The van der Waals surface area contributed by atoms with Gasteiger partial charge in [-0.1, -0.05) is 31.3 Å². The summed E-state index contributed by atoms with van der Waals surface area (Å²) in [6.45, 7) is 2.96. The molecule has 1 fully saturated rings. The zero-order chi connectivity index (χ0) is 13.4. The van der Waals surface area contributed by atoms with Gasteiger partial charge in [0.1, 0.15) is 5.54 Å². The quantitative estimate of drug-likeness (QED) is 0.259. The summed E-state index contributed by atoms with van der Waals surface area (Å²) in [4.78, 5) is 14.8. The van der Waals surface area contributed by atoms with Crippen molar-refractivity contribution in [2.24, 2.45) is 11.0 Å². The van der Waals surface area contributed by atoms with Crippen LogP contribution in [0.25, 0.3) is 10.4 Å². The first-order valence-corrected chi connectivity index (χ1v) is 6.55. The van der Waals surface area contributed by atoms with Gasteiger partial charge >= 0.3 is 5.97 Å². The average Bonchev–Trinajstić information content (AvgIpc) is 2.43. The number of nitrogens with zero attached hydrogens (tertiary/aromatic N) is 3. The van der Waals surface area contributed by atoms with Crippen LogP contribution in [-0.4, -0.2) is 31.7 Å². The number of methoxy groups -OCH3 is 1. The van der Waals surface area contributed by atoms with E-state index in [1.807, 2.05) is 0 Å². The van der Waals surface area contributed by atoms with Gasteiger partial charge in [0.2, 0.25) is 0 Å². The van der Waals surface area contributed by atoms with Gasteiger partial charge in [-0.05, 0) is 24.3 Å². The van der Waals surface area contributed by atoms with Crippen molar-refractivity contribution in [3.05, 3.63) is 10.4 Å². The molecule has 0 heterocycles. The van der Waals surface area contributed by atoms with Crippen molar-refractivity contribution in [3.63, 3.8) is 0 Å². The molecule has 2 atom stereocenters. The van der Waals surface area contributed by atoms with E-state index in [2.05, 4.69) is 22.3 Å². The van der Waals surface area contributed by atoms with Crippen LogP contribution < -0.4 is 5.32 Å². The third-order valence-electron chi connectivity index (χ3n) is 3.83. The number of ether oxygens (including phenoxy) is 1. The maximum atomic E-state index is 12.1. The van der Waals surface area contributed by atoms with Crippen LogP contribution in [0, 0.1) is 5.92 Å². The molecule has 1 N–H and O–H groups in total. The number of azide groups is 1. The van der Waals surface area contributed by atoms with E-state index in [0.29, 0.717) is 19.0 Å². The lowest BCUT2D eigenvalue weighted by molar-refractivity contribution is -0.153. The molecule has 1 saturated carbocycles. The third kappa shape index (κ3) is 3.15. The Morgan fingerprint density at radius 2 is 2.39 bits per heavy atom. The summed E-state index contributed by atoms with van der Waals surface area (Å²) < 4.78 is 4.98. The van der Waals surface area contributed by atoms with Gasteiger partial charge in [-0.2, -0.15) is 0 Å². The second kappa shape index (κ2) is 7.24. The van der Waals surface area contributed by atoms with E-state index in [-0.39, 0.29) is 5.97 Å². The highest BCUT2D eigenvalue weighted by Crippen LogP contribution is 2.36. The van der Waals surface area contributed by atoms with Gasteiger partial charge in [0.15, 0.2) is 0 Å². The van der Waals surface area contributed by atoms with Gasteiger partial charge in [0.25, 0.3) is 0 Å². The third-order valence-corrected chi connectivity index (χ3v) is 3.83. The van der Waals surface area contributed by atoms with Crippen molar-refractivity contribution in [3.8, 4) is 0 Å². The first-order valence-electron chi connectivity index (χ1n) is 6.55. The molecule has 1 aliphatic carbocycles. The monoisotopic (exact) mass is 254 g/mol. The van der Waals surface area contributed by atoms with Gasteiger partial charge in [-0.25, -0.2) is 0 Å². The number of esters is 1. The molecule has 0 saturated heterocycles. The van der Waals surface area contributed by atoms with Crippen molar-refractivity contribution in [2.75, 3.05) is 20.2 Å². The van der Waals surface area contributed by atoms with Crippen molar-refractivity contribution in [2.45, 2.75) is 44.6 Å². The minimum Gasteiger partial charge on any atom is -0.468 e. The number of carbonyl (C=O) groups is 1. The van der Waals surface area contributed by atoms with Gasteiger partial charge in [-0.3, -0.25) is 4.79 Å². The first kappa shape index (κ1) is 14.8. The van der Waals surface area contributed by atoms with E-state index in [1.165, 1.54) is 7.11 Å². The van der Waals surface area contributed by atoms with Crippen molar-refractivity contribution in [1.29, 1.82) is 0 Å². The van der Waals surface area contributed by atoms with E-state index in [9.17, 15) is 4.79 Å². The van der Waals surface area contributed by atoms with E-state index in [0.717, 1.165) is 32.1 Å². The number of hydrogen-bond donors (Lipinski definition) is 1. The number of carbonyl (C=O) groups excluding carboxylic acids is 1. The lowest BCUT2D eigenvalue weighted by Crippen LogP contribution is -2.59. The van der Waals surface area contributed by atoms with Crippen LogP contribution in [0.4, 0.5) is 0 Å². The Morgan fingerprint density at radius 3 is 3.00 bits per heavy atom. The largest absolute Gasteiger partial charge is 0.468 e. The molecule has 0 radical (unpaired) electrons. The van der Waals surface area contributed by atoms with Crippen LogP contribution in [0.2, 0.25) is 0 Å². The average molecular weight is 254 g/mol. The minimum absolute atomic E-state index is 0.185. The fourth-order valence-corrected chi connectivity index (χ4v) is 2.93. The maximum absolute atomic E-state index is 12.1. The Hall–Kier alpha value is -1.26. The summed E-state index contributed by atoms with van der Waals surface area (Å²) in [5.74, 6) is 0.111. The zero-order valence-electron chi connectivity index (χ0n) is 11.2. The number of hydrogen-bond acceptors (Lipinski definition) is 4. The van der Waals surface area contributed by atoms with Crippen molar-refractivity contribution < 1.29 is 9.53 Å². The molecular weight excluding hydrogens is 232 g/mol.